The highest BCUT2D eigenvalue weighted by molar-refractivity contribution is 6.30. The molecular weight excluding hydrogens is 298 g/mol. The van der Waals surface area contributed by atoms with Crippen LogP contribution in [0.3, 0.4) is 0 Å². The van der Waals surface area contributed by atoms with E-state index in [2.05, 4.69) is 22.2 Å². The van der Waals surface area contributed by atoms with Crippen molar-refractivity contribution in [3.63, 3.8) is 0 Å². The maximum Gasteiger partial charge on any atom is 0.220 e. The van der Waals surface area contributed by atoms with E-state index in [4.69, 9.17) is 11.6 Å². The van der Waals surface area contributed by atoms with E-state index in [1.54, 1.807) is 0 Å². The molecule has 2 rings (SSSR count). The van der Waals surface area contributed by atoms with Gasteiger partial charge in [-0.3, -0.25) is 4.79 Å². The molecule has 1 heterocycles. The van der Waals surface area contributed by atoms with E-state index in [0.717, 1.165) is 62.7 Å². The van der Waals surface area contributed by atoms with E-state index < -0.39 is 0 Å². The van der Waals surface area contributed by atoms with Crippen molar-refractivity contribution in [2.75, 3.05) is 46.3 Å². The first-order valence-corrected chi connectivity index (χ1v) is 8.43. The summed E-state index contributed by atoms with van der Waals surface area (Å²) in [7, 11) is 2.16. The van der Waals surface area contributed by atoms with Gasteiger partial charge in [0, 0.05) is 44.2 Å². The Hall–Kier alpha value is -1.10. The first-order valence-electron chi connectivity index (χ1n) is 8.05. The normalized spacial score (nSPS) is 16.6. The number of halogens is 1. The number of hydrogen-bond acceptors (Lipinski definition) is 3. The first kappa shape index (κ1) is 17.3. The molecule has 1 N–H and O–H groups in total. The van der Waals surface area contributed by atoms with Crippen LogP contribution in [0.25, 0.3) is 0 Å². The molecule has 22 heavy (non-hydrogen) atoms. The minimum Gasteiger partial charge on any atom is -0.356 e. The van der Waals surface area contributed by atoms with Gasteiger partial charge >= 0.3 is 0 Å². The summed E-state index contributed by atoms with van der Waals surface area (Å²) in [6, 6.07) is 7.70. The monoisotopic (exact) mass is 323 g/mol. The molecule has 1 fully saturated rings. The zero-order valence-electron chi connectivity index (χ0n) is 13.4. The molecule has 4 nitrogen and oxygen atoms in total. The fraction of sp³-hybridized carbons (Fsp3) is 0.588. The molecule has 1 aliphatic heterocycles. The van der Waals surface area contributed by atoms with E-state index in [0.29, 0.717) is 6.42 Å². The van der Waals surface area contributed by atoms with Gasteiger partial charge in [0.1, 0.15) is 0 Å². The van der Waals surface area contributed by atoms with Gasteiger partial charge in [0.15, 0.2) is 0 Å². The van der Waals surface area contributed by atoms with Crippen molar-refractivity contribution in [3.8, 4) is 0 Å². The highest BCUT2D eigenvalue weighted by Crippen LogP contribution is 2.12. The van der Waals surface area contributed by atoms with E-state index in [9.17, 15) is 4.79 Å². The van der Waals surface area contributed by atoms with Crippen molar-refractivity contribution in [1.82, 2.24) is 15.1 Å². The average Bonchev–Trinajstić information content (AvgIpc) is 2.51. The van der Waals surface area contributed by atoms with E-state index >= 15 is 0 Å². The second-order valence-electron chi connectivity index (χ2n) is 5.98. The van der Waals surface area contributed by atoms with Crippen LogP contribution in [0.5, 0.6) is 0 Å². The lowest BCUT2D eigenvalue weighted by atomic mass is 10.1. The van der Waals surface area contributed by atoms with Gasteiger partial charge in [-0.15, -0.1) is 0 Å². The standard InChI is InChI=1S/C17H26ClN3O/c1-20-10-12-21(13-11-20)9-3-8-19-17(22)7-6-15-4-2-5-16(18)14-15/h2,4-5,14H,3,6-13H2,1H3,(H,19,22). The number of piperazine rings is 1. The topological polar surface area (TPSA) is 35.6 Å². The van der Waals surface area contributed by atoms with Gasteiger partial charge in [-0.25, -0.2) is 0 Å². The van der Waals surface area contributed by atoms with Crippen molar-refractivity contribution >= 4 is 17.5 Å². The summed E-state index contributed by atoms with van der Waals surface area (Å²) < 4.78 is 0. The van der Waals surface area contributed by atoms with Crippen molar-refractivity contribution < 1.29 is 4.79 Å². The van der Waals surface area contributed by atoms with Gasteiger partial charge in [0.2, 0.25) is 5.91 Å². The lowest BCUT2D eigenvalue weighted by molar-refractivity contribution is -0.121. The summed E-state index contributed by atoms with van der Waals surface area (Å²) in [6.45, 7) is 6.40. The van der Waals surface area contributed by atoms with Crippen molar-refractivity contribution in [2.45, 2.75) is 19.3 Å². The van der Waals surface area contributed by atoms with Crippen LogP contribution in [-0.4, -0.2) is 62.0 Å². The Morgan fingerprint density at radius 1 is 1.27 bits per heavy atom. The number of nitrogens with zero attached hydrogens (tertiary/aromatic N) is 2. The maximum absolute atomic E-state index is 11.8. The van der Waals surface area contributed by atoms with Crippen molar-refractivity contribution in [1.29, 1.82) is 0 Å². The van der Waals surface area contributed by atoms with Gasteiger partial charge < -0.3 is 15.1 Å². The van der Waals surface area contributed by atoms with Crippen LogP contribution in [0.2, 0.25) is 5.02 Å². The van der Waals surface area contributed by atoms with E-state index in [1.807, 2.05) is 24.3 Å². The lowest BCUT2D eigenvalue weighted by Crippen LogP contribution is -2.45. The fourth-order valence-corrected chi connectivity index (χ4v) is 2.85. The molecule has 1 aromatic rings. The van der Waals surface area contributed by atoms with Gasteiger partial charge in [-0.1, -0.05) is 23.7 Å². The number of aryl methyl sites for hydroxylation is 1. The third-order valence-corrected chi connectivity index (χ3v) is 4.33. The van der Waals surface area contributed by atoms with Crippen LogP contribution < -0.4 is 5.32 Å². The molecule has 1 amide bonds. The van der Waals surface area contributed by atoms with Crippen LogP contribution in [0.1, 0.15) is 18.4 Å². The molecular formula is C17H26ClN3O. The molecule has 0 aliphatic carbocycles. The molecule has 0 unspecified atom stereocenters. The molecule has 1 saturated heterocycles. The number of carbonyl (C=O) groups excluding carboxylic acids is 1. The van der Waals surface area contributed by atoms with Crippen molar-refractivity contribution in [3.05, 3.63) is 34.9 Å². The zero-order chi connectivity index (χ0) is 15.8. The Labute approximate surface area is 138 Å². The molecule has 1 aromatic carbocycles. The van der Waals surface area contributed by atoms with Crippen LogP contribution in [-0.2, 0) is 11.2 Å². The summed E-state index contributed by atoms with van der Waals surface area (Å²) in [4.78, 5) is 16.7. The number of amides is 1. The number of hydrogen-bond donors (Lipinski definition) is 1. The molecule has 0 bridgehead atoms. The third-order valence-electron chi connectivity index (χ3n) is 4.10. The second-order valence-corrected chi connectivity index (χ2v) is 6.41. The maximum atomic E-state index is 11.8. The molecule has 0 aromatic heterocycles. The average molecular weight is 324 g/mol. The quantitative estimate of drug-likeness (QED) is 0.780. The Morgan fingerprint density at radius 2 is 2.05 bits per heavy atom. The van der Waals surface area contributed by atoms with Gasteiger partial charge in [0.25, 0.3) is 0 Å². The number of carbonyl (C=O) groups is 1. The first-order chi connectivity index (χ1) is 10.6. The Morgan fingerprint density at radius 3 is 2.77 bits per heavy atom. The zero-order valence-corrected chi connectivity index (χ0v) is 14.1. The highest BCUT2D eigenvalue weighted by atomic mass is 35.5. The summed E-state index contributed by atoms with van der Waals surface area (Å²) in [5.74, 6) is 0.123. The molecule has 1 aliphatic rings. The molecule has 122 valence electrons. The molecule has 0 atom stereocenters. The van der Waals surface area contributed by atoms with E-state index in [-0.39, 0.29) is 5.91 Å². The molecule has 0 saturated carbocycles. The molecule has 0 spiro atoms. The summed E-state index contributed by atoms with van der Waals surface area (Å²) in [5.41, 5.74) is 1.11. The second kappa shape index (κ2) is 9.13. The highest BCUT2D eigenvalue weighted by Gasteiger charge is 2.12. The van der Waals surface area contributed by atoms with Crippen LogP contribution in [0.15, 0.2) is 24.3 Å². The Balaban J connectivity index is 1.54. The minimum atomic E-state index is 0.123. The summed E-state index contributed by atoms with van der Waals surface area (Å²) in [5, 5.41) is 3.73. The predicted molar refractivity (Wildman–Crippen MR) is 91.3 cm³/mol. The number of likely N-dealkylation sites (N-methyl/N-ethyl adjacent to an activating group) is 1. The number of benzene rings is 1. The minimum absolute atomic E-state index is 0.123. The van der Waals surface area contributed by atoms with Gasteiger partial charge in [0.05, 0.1) is 0 Å². The third kappa shape index (κ3) is 6.34. The predicted octanol–water partition coefficient (Wildman–Crippen LogP) is 2.03. The largest absolute Gasteiger partial charge is 0.356 e. The SMILES string of the molecule is CN1CCN(CCCNC(=O)CCc2cccc(Cl)c2)CC1. The van der Waals surface area contributed by atoms with Gasteiger partial charge in [-0.2, -0.15) is 0 Å². The van der Waals surface area contributed by atoms with Crippen molar-refractivity contribution in [2.24, 2.45) is 0 Å². The smallest absolute Gasteiger partial charge is 0.220 e. The molecule has 0 radical (unpaired) electrons. The Kier molecular flexibility index (Phi) is 7.16. The van der Waals surface area contributed by atoms with Crippen LogP contribution >= 0.6 is 11.6 Å². The lowest BCUT2D eigenvalue weighted by Gasteiger charge is -2.32. The molecule has 5 heteroatoms. The fourth-order valence-electron chi connectivity index (χ4n) is 2.64. The van der Waals surface area contributed by atoms with E-state index in [1.165, 1.54) is 0 Å². The van der Waals surface area contributed by atoms with Gasteiger partial charge in [-0.05, 0) is 44.1 Å². The number of nitrogens with one attached hydrogen (secondary N) is 1. The Bertz CT molecular complexity index is 473. The van der Waals surface area contributed by atoms with Crippen LogP contribution in [0, 0.1) is 0 Å². The number of rotatable bonds is 7. The summed E-state index contributed by atoms with van der Waals surface area (Å²) >= 11 is 5.94. The summed E-state index contributed by atoms with van der Waals surface area (Å²) in [6.07, 6.45) is 2.28. The van der Waals surface area contributed by atoms with Crippen LogP contribution in [0.4, 0.5) is 0 Å².